The lowest BCUT2D eigenvalue weighted by Gasteiger charge is -2.11. The molecule has 0 spiro atoms. The number of amides is 1. The lowest BCUT2D eigenvalue weighted by atomic mass is 10.3. The highest BCUT2D eigenvalue weighted by molar-refractivity contribution is 7.89. The number of thiophene rings is 1. The maximum Gasteiger partial charge on any atom is 0.242 e. The average Bonchev–Trinajstić information content (AvgIpc) is 3.26. The zero-order valence-electron chi connectivity index (χ0n) is 14.2. The van der Waals surface area contributed by atoms with E-state index in [-0.39, 0.29) is 17.2 Å². The molecule has 0 saturated heterocycles. The number of benzene rings is 1. The van der Waals surface area contributed by atoms with E-state index in [4.69, 9.17) is 0 Å². The Morgan fingerprint density at radius 1 is 1.15 bits per heavy atom. The molecule has 26 heavy (non-hydrogen) atoms. The molecule has 3 rings (SSSR count). The normalized spacial score (nSPS) is 11.7. The van der Waals surface area contributed by atoms with E-state index in [1.807, 2.05) is 22.2 Å². The van der Waals surface area contributed by atoms with Crippen LogP contribution in [0, 0.1) is 0 Å². The molecule has 0 fully saturated rings. The quantitative estimate of drug-likeness (QED) is 0.680. The Kier molecular flexibility index (Phi) is 5.52. The van der Waals surface area contributed by atoms with Crippen molar-refractivity contribution in [3.05, 3.63) is 52.2 Å². The van der Waals surface area contributed by atoms with E-state index in [2.05, 4.69) is 10.3 Å². The minimum atomic E-state index is -3.48. The van der Waals surface area contributed by atoms with E-state index in [1.165, 1.54) is 37.6 Å². The first kappa shape index (κ1) is 18.7. The van der Waals surface area contributed by atoms with Crippen molar-refractivity contribution in [2.75, 3.05) is 19.4 Å². The molecule has 3 aromatic rings. The van der Waals surface area contributed by atoms with Gasteiger partial charge in [-0.3, -0.25) is 4.79 Å². The zero-order chi connectivity index (χ0) is 18.7. The number of hydrogen-bond acceptors (Lipinski definition) is 6. The van der Waals surface area contributed by atoms with Gasteiger partial charge in [-0.2, -0.15) is 11.3 Å². The van der Waals surface area contributed by atoms with Gasteiger partial charge in [-0.1, -0.05) is 0 Å². The molecule has 0 aliphatic heterocycles. The van der Waals surface area contributed by atoms with Gasteiger partial charge in [0, 0.05) is 36.1 Å². The summed E-state index contributed by atoms with van der Waals surface area (Å²) in [4.78, 5) is 16.9. The van der Waals surface area contributed by atoms with Crippen LogP contribution in [-0.2, 0) is 21.2 Å². The number of carbonyl (C=O) groups excluding carboxylic acids is 1. The molecule has 0 saturated carbocycles. The number of nitrogens with zero attached hydrogens (tertiary/aromatic N) is 2. The summed E-state index contributed by atoms with van der Waals surface area (Å²) in [7, 11) is -0.526. The molecule has 0 aliphatic rings. The van der Waals surface area contributed by atoms with Crippen molar-refractivity contribution in [2.24, 2.45) is 0 Å². The van der Waals surface area contributed by atoms with Gasteiger partial charge < -0.3 is 5.32 Å². The van der Waals surface area contributed by atoms with Crippen LogP contribution < -0.4 is 5.32 Å². The summed E-state index contributed by atoms with van der Waals surface area (Å²) in [6.07, 6.45) is 0.165. The maximum atomic E-state index is 12.2. The summed E-state index contributed by atoms with van der Waals surface area (Å²) in [5.41, 5.74) is 2.31. The van der Waals surface area contributed by atoms with Gasteiger partial charge in [0.2, 0.25) is 15.9 Å². The Bertz CT molecular complexity index is 992. The topological polar surface area (TPSA) is 79.4 Å². The monoisotopic (exact) mass is 407 g/mol. The predicted octanol–water partition coefficient (Wildman–Crippen LogP) is 3.30. The second-order valence-corrected chi connectivity index (χ2v) is 9.48. The lowest BCUT2D eigenvalue weighted by molar-refractivity contribution is -0.115. The van der Waals surface area contributed by atoms with Crippen LogP contribution in [0.25, 0.3) is 10.6 Å². The molecule has 9 heteroatoms. The molecule has 2 heterocycles. The third-order valence-corrected chi connectivity index (χ3v) is 7.03. The van der Waals surface area contributed by atoms with Crippen LogP contribution >= 0.6 is 22.7 Å². The Hall–Kier alpha value is -2.07. The number of carbonyl (C=O) groups is 1. The zero-order valence-corrected chi connectivity index (χ0v) is 16.6. The van der Waals surface area contributed by atoms with Gasteiger partial charge in [-0.15, -0.1) is 11.3 Å². The summed E-state index contributed by atoms with van der Waals surface area (Å²) >= 11 is 3.11. The summed E-state index contributed by atoms with van der Waals surface area (Å²) in [6.45, 7) is 0. The van der Waals surface area contributed by atoms with Gasteiger partial charge in [-0.25, -0.2) is 17.7 Å². The first-order valence-electron chi connectivity index (χ1n) is 7.65. The van der Waals surface area contributed by atoms with Crippen molar-refractivity contribution < 1.29 is 13.2 Å². The Morgan fingerprint density at radius 2 is 1.88 bits per heavy atom. The SMILES string of the molecule is CN(C)S(=O)(=O)c1ccc(NC(=O)Cc2csc(-c3ccsc3)n2)cc1. The van der Waals surface area contributed by atoms with Crippen LogP contribution in [0.4, 0.5) is 5.69 Å². The van der Waals surface area contributed by atoms with Crippen molar-refractivity contribution >= 4 is 44.3 Å². The van der Waals surface area contributed by atoms with Gasteiger partial charge in [0.1, 0.15) is 5.01 Å². The smallest absolute Gasteiger partial charge is 0.242 e. The predicted molar refractivity (Wildman–Crippen MR) is 105 cm³/mol. The van der Waals surface area contributed by atoms with E-state index in [1.54, 1.807) is 23.5 Å². The molecule has 1 amide bonds. The molecule has 0 unspecified atom stereocenters. The summed E-state index contributed by atoms with van der Waals surface area (Å²) < 4.78 is 25.2. The van der Waals surface area contributed by atoms with Gasteiger partial charge >= 0.3 is 0 Å². The first-order chi connectivity index (χ1) is 12.4. The van der Waals surface area contributed by atoms with Crippen LogP contribution in [0.5, 0.6) is 0 Å². The van der Waals surface area contributed by atoms with Gasteiger partial charge in [0.05, 0.1) is 17.0 Å². The highest BCUT2D eigenvalue weighted by Gasteiger charge is 2.17. The second-order valence-electron chi connectivity index (χ2n) is 5.69. The number of aromatic nitrogens is 1. The standard InChI is InChI=1S/C17H17N3O3S3/c1-20(2)26(22,23)15-5-3-13(4-6-15)18-16(21)9-14-11-25-17(19-14)12-7-8-24-10-12/h3-8,10-11H,9H2,1-2H3,(H,18,21). The molecule has 0 bridgehead atoms. The fourth-order valence-electron chi connectivity index (χ4n) is 2.20. The number of anilines is 1. The molecule has 0 radical (unpaired) electrons. The molecule has 1 N–H and O–H groups in total. The number of thiazole rings is 1. The van der Waals surface area contributed by atoms with E-state index >= 15 is 0 Å². The van der Waals surface area contributed by atoms with E-state index in [0.29, 0.717) is 11.4 Å². The van der Waals surface area contributed by atoms with E-state index in [0.717, 1.165) is 14.9 Å². The fourth-order valence-corrected chi connectivity index (χ4v) is 4.63. The highest BCUT2D eigenvalue weighted by Crippen LogP contribution is 2.26. The average molecular weight is 408 g/mol. The van der Waals surface area contributed by atoms with Crippen molar-refractivity contribution in [2.45, 2.75) is 11.3 Å². The molecular formula is C17H17N3O3S3. The van der Waals surface area contributed by atoms with Crippen LogP contribution in [0.2, 0.25) is 0 Å². The number of hydrogen-bond donors (Lipinski definition) is 1. The summed E-state index contributed by atoms with van der Waals surface area (Å²) in [5, 5.41) is 9.54. The van der Waals surface area contributed by atoms with Crippen molar-refractivity contribution in [1.29, 1.82) is 0 Å². The van der Waals surface area contributed by atoms with Crippen LogP contribution in [0.15, 0.2) is 51.4 Å². The minimum Gasteiger partial charge on any atom is -0.326 e. The minimum absolute atomic E-state index is 0.165. The van der Waals surface area contributed by atoms with Gasteiger partial charge in [-0.05, 0) is 35.7 Å². The summed E-state index contributed by atoms with van der Waals surface area (Å²) in [5.74, 6) is -0.199. The molecule has 136 valence electrons. The van der Waals surface area contributed by atoms with Crippen molar-refractivity contribution in [3.8, 4) is 10.6 Å². The largest absolute Gasteiger partial charge is 0.326 e. The van der Waals surface area contributed by atoms with Crippen LogP contribution in [0.1, 0.15) is 5.69 Å². The molecule has 1 aromatic carbocycles. The number of sulfonamides is 1. The van der Waals surface area contributed by atoms with E-state index in [9.17, 15) is 13.2 Å². The third kappa shape index (κ3) is 4.18. The Labute approximate surface area is 160 Å². The molecule has 6 nitrogen and oxygen atoms in total. The lowest BCUT2D eigenvalue weighted by Crippen LogP contribution is -2.22. The van der Waals surface area contributed by atoms with Crippen molar-refractivity contribution in [1.82, 2.24) is 9.29 Å². The number of nitrogens with one attached hydrogen (secondary N) is 1. The maximum absolute atomic E-state index is 12.2. The van der Waals surface area contributed by atoms with Crippen molar-refractivity contribution in [3.63, 3.8) is 0 Å². The third-order valence-electron chi connectivity index (χ3n) is 3.58. The van der Waals surface area contributed by atoms with Gasteiger partial charge in [0.15, 0.2) is 0 Å². The summed E-state index contributed by atoms with van der Waals surface area (Å²) in [6, 6.07) is 8.10. The highest BCUT2D eigenvalue weighted by atomic mass is 32.2. The first-order valence-corrected chi connectivity index (χ1v) is 10.9. The van der Waals surface area contributed by atoms with Crippen LogP contribution in [0.3, 0.4) is 0 Å². The van der Waals surface area contributed by atoms with Crippen LogP contribution in [-0.4, -0.2) is 37.7 Å². The van der Waals surface area contributed by atoms with E-state index < -0.39 is 10.0 Å². The molecule has 0 aliphatic carbocycles. The molecule has 2 aromatic heterocycles. The van der Waals surface area contributed by atoms with Gasteiger partial charge in [0.25, 0.3) is 0 Å². The Balaban J connectivity index is 1.63. The Morgan fingerprint density at radius 3 is 2.50 bits per heavy atom. The number of rotatable bonds is 6. The molecular weight excluding hydrogens is 390 g/mol. The molecule has 0 atom stereocenters. The fraction of sp³-hybridized carbons (Fsp3) is 0.176. The second kappa shape index (κ2) is 7.67.